The summed E-state index contributed by atoms with van der Waals surface area (Å²) in [5, 5.41) is 0. The fourth-order valence-corrected chi connectivity index (χ4v) is 5.75. The first kappa shape index (κ1) is 26.8. The number of carbonyl (C=O) groups is 3. The molecule has 5 rings (SSSR count). The molecule has 2 aromatic rings. The van der Waals surface area contributed by atoms with Crippen molar-refractivity contribution in [2.75, 3.05) is 7.11 Å². The first-order valence-corrected chi connectivity index (χ1v) is 12.4. The molecular formula is C27H36N2O8. The number of ether oxygens (including phenoxy) is 3. The Morgan fingerprint density at radius 2 is 1.57 bits per heavy atom. The van der Waals surface area contributed by atoms with Gasteiger partial charge in [0.05, 0.1) is 12.6 Å². The van der Waals surface area contributed by atoms with E-state index in [2.05, 4.69) is 0 Å². The van der Waals surface area contributed by atoms with Gasteiger partial charge in [0.1, 0.15) is 17.2 Å². The summed E-state index contributed by atoms with van der Waals surface area (Å²) in [5.74, 6) is -1.11. The molecule has 1 heterocycles. The third-order valence-electron chi connectivity index (χ3n) is 7.14. The van der Waals surface area contributed by atoms with E-state index >= 15 is 0 Å². The Kier molecular flexibility index (Phi) is 6.24. The zero-order valence-electron chi connectivity index (χ0n) is 22.8. The van der Waals surface area contributed by atoms with E-state index in [1.165, 1.54) is 11.7 Å². The van der Waals surface area contributed by atoms with Crippen molar-refractivity contribution >= 4 is 29.3 Å². The molecule has 3 saturated carbocycles. The van der Waals surface area contributed by atoms with E-state index in [1.807, 2.05) is 18.2 Å². The number of rotatable bonds is 5. The highest BCUT2D eigenvalue weighted by atomic mass is 16.6. The lowest BCUT2D eigenvalue weighted by molar-refractivity contribution is -0.170. The molecule has 1 atom stereocenters. The molecule has 10 nitrogen and oxygen atoms in total. The minimum atomic E-state index is -1.19. The smallest absolute Gasteiger partial charge is 0.420 e. The lowest BCUT2D eigenvalue weighted by Gasteiger charge is -2.72. The molecule has 1 aromatic heterocycles. The topological polar surface area (TPSA) is 117 Å². The second kappa shape index (κ2) is 8.63. The summed E-state index contributed by atoms with van der Waals surface area (Å²) in [4.78, 5) is 51.9. The molecule has 2 amide bonds. The second-order valence-electron chi connectivity index (χ2n) is 12.5. The maximum Gasteiger partial charge on any atom is 0.420 e. The molecule has 2 bridgehead atoms. The number of hydrogen-bond donors (Lipinski definition) is 0. The maximum atomic E-state index is 13.2. The van der Waals surface area contributed by atoms with Gasteiger partial charge in [-0.2, -0.15) is 4.90 Å². The molecule has 0 aliphatic heterocycles. The monoisotopic (exact) mass is 516 g/mol. The van der Waals surface area contributed by atoms with Gasteiger partial charge in [-0.1, -0.05) is 6.07 Å². The number of amides is 2. The van der Waals surface area contributed by atoms with E-state index in [1.54, 1.807) is 48.6 Å². The number of fused-ring (bicyclic) bond motifs is 1. The number of aromatic nitrogens is 1. The van der Waals surface area contributed by atoms with E-state index in [9.17, 15) is 19.2 Å². The van der Waals surface area contributed by atoms with Crippen LogP contribution in [0.2, 0.25) is 0 Å². The van der Waals surface area contributed by atoms with E-state index in [0.717, 1.165) is 35.2 Å². The normalized spacial score (nSPS) is 23.5. The number of benzene rings is 1. The van der Waals surface area contributed by atoms with Crippen LogP contribution in [0.4, 0.5) is 9.59 Å². The van der Waals surface area contributed by atoms with Crippen LogP contribution in [0.25, 0.3) is 11.1 Å². The van der Waals surface area contributed by atoms with Crippen molar-refractivity contribution in [1.82, 2.24) is 9.47 Å². The Hall–Kier alpha value is -3.30. The van der Waals surface area contributed by atoms with Gasteiger partial charge < -0.3 is 18.6 Å². The van der Waals surface area contributed by atoms with Crippen molar-refractivity contribution in [3.63, 3.8) is 0 Å². The summed E-state index contributed by atoms with van der Waals surface area (Å²) in [6, 6.07) is 4.57. The number of aryl methyl sites for hydroxylation is 1. The van der Waals surface area contributed by atoms with Crippen LogP contribution in [0, 0.1) is 5.41 Å². The van der Waals surface area contributed by atoms with Crippen molar-refractivity contribution < 1.29 is 33.0 Å². The number of carbonyl (C=O) groups excluding carboxylic acids is 3. The average Bonchev–Trinajstić information content (AvgIpc) is 2.98. The molecule has 1 aromatic carbocycles. The Labute approximate surface area is 215 Å². The molecule has 3 aliphatic carbocycles. The van der Waals surface area contributed by atoms with Crippen molar-refractivity contribution in [1.29, 1.82) is 0 Å². The van der Waals surface area contributed by atoms with Crippen molar-refractivity contribution in [2.45, 2.75) is 89.9 Å². The number of methoxy groups -OCH3 is 1. The standard InChI is InChI=1S/C27H36N2O8/c1-24(2,3)36-22(32)29(23(33)37-25(4,5)6)18(20(30)34-8)12-26-13-27(14-26,15-26)16-9-10-19-17(11-16)28(7)21(31)35-19/h9-11,18H,12-15H2,1-8H3. The van der Waals surface area contributed by atoms with Crippen LogP contribution < -0.4 is 5.76 Å². The molecule has 3 aliphatic rings. The first-order chi connectivity index (χ1) is 17.0. The molecule has 37 heavy (non-hydrogen) atoms. The largest absolute Gasteiger partial charge is 0.467 e. The van der Waals surface area contributed by atoms with Crippen molar-refractivity contribution in [2.24, 2.45) is 12.5 Å². The summed E-state index contributed by atoms with van der Waals surface area (Å²) in [5.41, 5.74) is 0.282. The second-order valence-corrected chi connectivity index (χ2v) is 12.5. The highest BCUT2D eigenvalue weighted by molar-refractivity contribution is 5.94. The molecule has 10 heteroatoms. The van der Waals surface area contributed by atoms with E-state index in [4.69, 9.17) is 18.6 Å². The zero-order chi connectivity index (χ0) is 27.6. The fraction of sp³-hybridized carbons (Fsp3) is 0.630. The zero-order valence-corrected chi connectivity index (χ0v) is 22.8. The lowest BCUT2D eigenvalue weighted by atomic mass is 9.32. The molecular weight excluding hydrogens is 480 g/mol. The van der Waals surface area contributed by atoms with Crippen LogP contribution in [-0.2, 0) is 31.5 Å². The Morgan fingerprint density at radius 1 is 1.03 bits per heavy atom. The first-order valence-electron chi connectivity index (χ1n) is 12.4. The molecule has 0 spiro atoms. The third-order valence-corrected chi connectivity index (χ3v) is 7.14. The maximum absolute atomic E-state index is 13.2. The van der Waals surface area contributed by atoms with E-state index in [0.29, 0.717) is 5.58 Å². The molecule has 1 unspecified atom stereocenters. The third kappa shape index (κ3) is 4.98. The summed E-state index contributed by atoms with van der Waals surface area (Å²) in [7, 11) is 2.90. The number of hydrogen-bond acceptors (Lipinski definition) is 8. The van der Waals surface area contributed by atoms with E-state index in [-0.39, 0.29) is 17.3 Å². The van der Waals surface area contributed by atoms with Crippen LogP contribution in [-0.4, -0.2) is 52.0 Å². The van der Waals surface area contributed by atoms with Crippen molar-refractivity contribution in [3.8, 4) is 0 Å². The van der Waals surface area contributed by atoms with Gasteiger partial charge >= 0.3 is 23.9 Å². The molecule has 0 saturated heterocycles. The van der Waals surface area contributed by atoms with E-state index < -0.39 is 41.2 Å². The Morgan fingerprint density at radius 3 is 2.05 bits per heavy atom. The van der Waals surface area contributed by atoms with Gasteiger partial charge in [-0.3, -0.25) is 4.57 Å². The van der Waals surface area contributed by atoms with Gasteiger partial charge in [0.2, 0.25) is 0 Å². The molecule has 0 radical (unpaired) electrons. The predicted octanol–water partition coefficient (Wildman–Crippen LogP) is 4.66. The summed E-state index contributed by atoms with van der Waals surface area (Å²) in [6.45, 7) is 10.1. The van der Waals surface area contributed by atoms with Crippen molar-refractivity contribution in [3.05, 3.63) is 34.3 Å². The fourth-order valence-electron chi connectivity index (χ4n) is 5.75. The van der Waals surface area contributed by atoms with Gasteiger partial charge in [-0.15, -0.1) is 0 Å². The quantitative estimate of drug-likeness (QED) is 0.416. The van der Waals surface area contributed by atoms with Gasteiger partial charge in [-0.25, -0.2) is 19.2 Å². The summed E-state index contributed by atoms with van der Waals surface area (Å²) >= 11 is 0. The Balaban J connectivity index is 1.58. The summed E-state index contributed by atoms with van der Waals surface area (Å²) in [6.07, 6.45) is 0.672. The van der Waals surface area contributed by atoms with Gasteiger partial charge in [0.15, 0.2) is 5.58 Å². The number of nitrogens with zero attached hydrogens (tertiary/aromatic N) is 2. The van der Waals surface area contributed by atoms with Crippen LogP contribution in [0.3, 0.4) is 0 Å². The predicted molar refractivity (Wildman–Crippen MR) is 134 cm³/mol. The molecule has 3 fully saturated rings. The minimum absolute atomic E-state index is 0.0785. The average molecular weight is 517 g/mol. The SMILES string of the molecule is COC(=O)C(CC12CC(c3ccc4oc(=O)n(C)c4c3)(C1)C2)N(C(=O)OC(C)(C)C)C(=O)OC(C)(C)C. The van der Waals surface area contributed by atoms with Crippen LogP contribution in [0.5, 0.6) is 0 Å². The number of imide groups is 1. The van der Waals surface area contributed by atoms with Gasteiger partial charge in [0, 0.05) is 7.05 Å². The van der Waals surface area contributed by atoms with Crippen LogP contribution in [0.15, 0.2) is 27.4 Å². The molecule has 0 N–H and O–H groups in total. The van der Waals surface area contributed by atoms with Gasteiger partial charge in [-0.05, 0) is 95.8 Å². The van der Waals surface area contributed by atoms with Gasteiger partial charge in [0.25, 0.3) is 0 Å². The Bertz CT molecular complexity index is 1260. The molecule has 202 valence electrons. The lowest BCUT2D eigenvalue weighted by Crippen LogP contribution is -2.67. The summed E-state index contributed by atoms with van der Waals surface area (Å²) < 4.78 is 22.7. The van der Waals surface area contributed by atoms with Crippen LogP contribution in [0.1, 0.15) is 72.8 Å². The highest BCUT2D eigenvalue weighted by Gasteiger charge is 2.69. The van der Waals surface area contributed by atoms with Crippen LogP contribution >= 0.6 is 0 Å². The number of esters is 1. The number of oxazole rings is 1. The highest BCUT2D eigenvalue weighted by Crippen LogP contribution is 2.75. The minimum Gasteiger partial charge on any atom is -0.467 e.